The Labute approximate surface area is 53.3 Å². The fourth-order valence-electron chi connectivity index (χ4n) is 0.189. The molecule has 0 atom stereocenters. The number of thioether (sulfide) groups is 1. The van der Waals surface area contributed by atoms with Gasteiger partial charge in [-0.3, -0.25) is 4.79 Å². The van der Waals surface area contributed by atoms with E-state index in [-0.39, 0.29) is 5.12 Å². The first-order valence-corrected chi connectivity index (χ1v) is 3.63. The minimum absolute atomic E-state index is 0.175. The third kappa shape index (κ3) is 6.37. The van der Waals surface area contributed by atoms with Crippen LogP contribution in [0.4, 0.5) is 0 Å². The number of hydrogen-bond acceptors (Lipinski definition) is 3. The van der Waals surface area contributed by atoms with Gasteiger partial charge in [0.05, 0.1) is 0 Å². The molecule has 3 heteroatoms. The molecule has 0 saturated heterocycles. The van der Waals surface area contributed by atoms with Crippen LogP contribution in [-0.2, 0) is 4.79 Å². The molecule has 0 fully saturated rings. The average Bonchev–Trinajstić information content (AvgIpc) is 1.61. The minimum atomic E-state index is 0.175. The zero-order valence-corrected chi connectivity index (χ0v) is 5.89. The molecule has 0 heterocycles. The van der Waals surface area contributed by atoms with Gasteiger partial charge in [-0.2, -0.15) is 12.6 Å². The first-order valence-electron chi connectivity index (χ1n) is 2.01. The van der Waals surface area contributed by atoms with Gasteiger partial charge < -0.3 is 0 Å². The van der Waals surface area contributed by atoms with Gasteiger partial charge in [-0.25, -0.2) is 0 Å². The summed E-state index contributed by atoms with van der Waals surface area (Å²) in [4.78, 5) is 10.1. The normalized spacial score (nSPS) is 8.86. The molecule has 0 aromatic carbocycles. The van der Waals surface area contributed by atoms with Crippen molar-refractivity contribution < 1.29 is 4.79 Å². The van der Waals surface area contributed by atoms with Gasteiger partial charge in [0, 0.05) is 12.7 Å². The number of carbonyl (C=O) groups excluding carboxylic acids is 1. The first kappa shape index (κ1) is 7.37. The summed E-state index contributed by atoms with van der Waals surface area (Å²) in [6, 6.07) is 0. The smallest absolute Gasteiger partial charge is 0.185 e. The molecular weight excluding hydrogens is 128 g/mol. The van der Waals surface area contributed by atoms with Crippen molar-refractivity contribution in [2.45, 2.75) is 6.92 Å². The number of hydrogen-bond donors (Lipinski definition) is 1. The quantitative estimate of drug-likeness (QED) is 0.574. The summed E-state index contributed by atoms with van der Waals surface area (Å²) in [5, 5.41) is 0.175. The van der Waals surface area contributed by atoms with Crippen molar-refractivity contribution in [2.24, 2.45) is 0 Å². The highest BCUT2D eigenvalue weighted by molar-refractivity contribution is 8.13. The molecular formula is C4H8OS2. The monoisotopic (exact) mass is 136 g/mol. The van der Waals surface area contributed by atoms with Crippen LogP contribution in [0, 0.1) is 0 Å². The van der Waals surface area contributed by atoms with Crippen LogP contribution < -0.4 is 0 Å². The highest BCUT2D eigenvalue weighted by Crippen LogP contribution is 1.99. The number of rotatable bonds is 2. The Morgan fingerprint density at radius 2 is 2.43 bits per heavy atom. The Morgan fingerprint density at radius 3 is 2.57 bits per heavy atom. The molecule has 0 aliphatic rings. The molecule has 42 valence electrons. The predicted octanol–water partition coefficient (Wildman–Crippen LogP) is 1.20. The molecule has 0 bridgehead atoms. The summed E-state index contributed by atoms with van der Waals surface area (Å²) >= 11 is 5.24. The van der Waals surface area contributed by atoms with Crippen LogP contribution in [0.15, 0.2) is 0 Å². The van der Waals surface area contributed by atoms with Gasteiger partial charge in [-0.15, -0.1) is 0 Å². The second kappa shape index (κ2) is 4.53. The Balaban J connectivity index is 2.82. The second-order valence-corrected chi connectivity index (χ2v) is 2.78. The lowest BCUT2D eigenvalue weighted by atomic mass is 10.9. The largest absolute Gasteiger partial charge is 0.288 e. The lowest BCUT2D eigenvalue weighted by molar-refractivity contribution is -0.109. The first-order chi connectivity index (χ1) is 3.27. The van der Waals surface area contributed by atoms with E-state index in [9.17, 15) is 4.79 Å². The van der Waals surface area contributed by atoms with E-state index in [1.165, 1.54) is 11.8 Å². The van der Waals surface area contributed by atoms with Gasteiger partial charge in [-0.1, -0.05) is 11.8 Å². The Hall–Kier alpha value is 0.370. The molecule has 0 amide bonds. The fraction of sp³-hybridized carbons (Fsp3) is 0.750. The van der Waals surface area contributed by atoms with Gasteiger partial charge in [0.2, 0.25) is 0 Å². The van der Waals surface area contributed by atoms with E-state index in [0.717, 1.165) is 11.5 Å². The molecule has 0 radical (unpaired) electrons. The van der Waals surface area contributed by atoms with Crippen molar-refractivity contribution in [1.29, 1.82) is 0 Å². The van der Waals surface area contributed by atoms with Gasteiger partial charge in [0.25, 0.3) is 0 Å². The molecule has 7 heavy (non-hydrogen) atoms. The van der Waals surface area contributed by atoms with Gasteiger partial charge in [0.1, 0.15) is 0 Å². The number of thiol groups is 1. The molecule has 0 aromatic heterocycles. The molecule has 0 aliphatic heterocycles. The van der Waals surface area contributed by atoms with Crippen molar-refractivity contribution in [3.8, 4) is 0 Å². The molecule has 0 aliphatic carbocycles. The highest BCUT2D eigenvalue weighted by atomic mass is 32.2. The van der Waals surface area contributed by atoms with Gasteiger partial charge >= 0.3 is 0 Å². The van der Waals surface area contributed by atoms with Crippen molar-refractivity contribution in [2.75, 3.05) is 11.5 Å². The van der Waals surface area contributed by atoms with Gasteiger partial charge in [-0.05, 0) is 5.75 Å². The third-order valence-corrected chi connectivity index (χ3v) is 1.74. The Bertz CT molecular complexity index is 62.7. The molecule has 0 unspecified atom stereocenters. The van der Waals surface area contributed by atoms with Crippen LogP contribution in [0.3, 0.4) is 0 Å². The SMILES string of the molecule is CC(=O)SCCS. The van der Waals surface area contributed by atoms with Crippen LogP contribution in [0.5, 0.6) is 0 Å². The molecule has 0 spiro atoms. The summed E-state index contributed by atoms with van der Waals surface area (Å²) in [5.41, 5.74) is 0. The number of carbonyl (C=O) groups is 1. The Kier molecular flexibility index (Phi) is 4.77. The van der Waals surface area contributed by atoms with Gasteiger partial charge in [0.15, 0.2) is 5.12 Å². The van der Waals surface area contributed by atoms with Crippen LogP contribution in [0.2, 0.25) is 0 Å². The summed E-state index contributed by atoms with van der Waals surface area (Å²) < 4.78 is 0. The maximum atomic E-state index is 10.1. The fourth-order valence-corrected chi connectivity index (χ4v) is 0.842. The van der Waals surface area contributed by atoms with Crippen molar-refractivity contribution in [3.63, 3.8) is 0 Å². The van der Waals surface area contributed by atoms with Crippen LogP contribution >= 0.6 is 24.4 Å². The third-order valence-electron chi connectivity index (χ3n) is 0.397. The topological polar surface area (TPSA) is 17.1 Å². The lowest BCUT2D eigenvalue weighted by Gasteiger charge is -1.86. The van der Waals surface area contributed by atoms with E-state index < -0.39 is 0 Å². The maximum absolute atomic E-state index is 10.1. The van der Waals surface area contributed by atoms with E-state index in [1.807, 2.05) is 0 Å². The highest BCUT2D eigenvalue weighted by Gasteiger charge is 1.88. The minimum Gasteiger partial charge on any atom is -0.288 e. The summed E-state index contributed by atoms with van der Waals surface area (Å²) in [5.74, 6) is 1.61. The van der Waals surface area contributed by atoms with Crippen molar-refractivity contribution in [3.05, 3.63) is 0 Å². The van der Waals surface area contributed by atoms with Crippen LogP contribution in [-0.4, -0.2) is 16.6 Å². The molecule has 1 nitrogen and oxygen atoms in total. The van der Waals surface area contributed by atoms with E-state index in [4.69, 9.17) is 0 Å². The summed E-state index contributed by atoms with van der Waals surface area (Å²) in [6.07, 6.45) is 0. The maximum Gasteiger partial charge on any atom is 0.185 e. The standard InChI is InChI=1S/C4H8OS2/c1-4(5)7-3-2-6/h6H,2-3H2,1H3. The summed E-state index contributed by atoms with van der Waals surface area (Å²) in [7, 11) is 0. The zero-order chi connectivity index (χ0) is 5.70. The molecule has 0 N–H and O–H groups in total. The molecule has 0 aromatic rings. The predicted molar refractivity (Wildman–Crippen MR) is 37.0 cm³/mol. The summed E-state index contributed by atoms with van der Waals surface area (Å²) in [6.45, 7) is 1.56. The van der Waals surface area contributed by atoms with Crippen LogP contribution in [0.1, 0.15) is 6.92 Å². The van der Waals surface area contributed by atoms with E-state index in [0.29, 0.717) is 0 Å². The molecule has 0 rings (SSSR count). The molecule has 0 saturated carbocycles. The Morgan fingerprint density at radius 1 is 1.86 bits per heavy atom. The zero-order valence-electron chi connectivity index (χ0n) is 4.18. The average molecular weight is 136 g/mol. The van der Waals surface area contributed by atoms with Crippen LogP contribution in [0.25, 0.3) is 0 Å². The van der Waals surface area contributed by atoms with E-state index in [2.05, 4.69) is 12.6 Å². The van der Waals surface area contributed by atoms with Crippen molar-refractivity contribution >= 4 is 29.5 Å². The van der Waals surface area contributed by atoms with E-state index >= 15 is 0 Å². The second-order valence-electron chi connectivity index (χ2n) is 1.06. The van der Waals surface area contributed by atoms with E-state index in [1.54, 1.807) is 6.92 Å². The van der Waals surface area contributed by atoms with Crippen molar-refractivity contribution in [1.82, 2.24) is 0 Å². The lowest BCUT2D eigenvalue weighted by Crippen LogP contribution is -1.84.